The number of nitrogens with zero attached hydrogens (tertiary/aromatic N) is 3. The van der Waals surface area contributed by atoms with Crippen LogP contribution in [0.25, 0.3) is 5.65 Å². The summed E-state index contributed by atoms with van der Waals surface area (Å²) in [5, 5.41) is 13.1. The molecule has 4 rings (SSSR count). The van der Waals surface area contributed by atoms with E-state index < -0.39 is 24.0 Å². The summed E-state index contributed by atoms with van der Waals surface area (Å²) in [4.78, 5) is 37.4. The molecule has 160 valence electrons. The minimum atomic E-state index is -0.882. The second-order valence-electron chi connectivity index (χ2n) is 6.63. The van der Waals surface area contributed by atoms with Crippen molar-refractivity contribution >= 4 is 23.6 Å². The van der Waals surface area contributed by atoms with E-state index in [1.807, 2.05) is 0 Å². The van der Waals surface area contributed by atoms with Crippen molar-refractivity contribution in [2.75, 3.05) is 13.2 Å². The third-order valence-corrected chi connectivity index (χ3v) is 4.63. The Balaban J connectivity index is 1.61. The molecule has 1 aliphatic heterocycles. The smallest absolute Gasteiger partial charge is 0.340 e. The number of carbonyl (C=O) groups excluding carboxylic acids is 3. The van der Waals surface area contributed by atoms with Gasteiger partial charge in [-0.05, 0) is 38.1 Å². The van der Waals surface area contributed by atoms with E-state index in [2.05, 4.69) is 20.8 Å². The van der Waals surface area contributed by atoms with E-state index in [9.17, 15) is 14.4 Å². The van der Waals surface area contributed by atoms with Crippen LogP contribution in [0.5, 0.6) is 0 Å². The van der Waals surface area contributed by atoms with Gasteiger partial charge in [-0.25, -0.2) is 14.4 Å². The van der Waals surface area contributed by atoms with Crippen LogP contribution >= 0.6 is 0 Å². The average Bonchev–Trinajstić information content (AvgIpc) is 3.42. The summed E-state index contributed by atoms with van der Waals surface area (Å²) in [5.41, 5.74) is 1.05. The van der Waals surface area contributed by atoms with E-state index in [1.54, 1.807) is 48.7 Å². The Morgan fingerprint density at radius 3 is 2.77 bits per heavy atom. The molecule has 1 atom stereocenters. The maximum atomic E-state index is 12.6. The molecule has 0 spiro atoms. The first-order chi connectivity index (χ1) is 15.0. The monoisotopic (exact) mass is 425 g/mol. The van der Waals surface area contributed by atoms with Gasteiger partial charge in [-0.2, -0.15) is 0 Å². The van der Waals surface area contributed by atoms with Crippen molar-refractivity contribution in [2.45, 2.75) is 19.9 Å². The summed E-state index contributed by atoms with van der Waals surface area (Å²) in [6.07, 6.45) is 2.98. The molecule has 0 bridgehead atoms. The van der Waals surface area contributed by atoms with Crippen LogP contribution in [-0.2, 0) is 14.3 Å². The van der Waals surface area contributed by atoms with E-state index in [-0.39, 0.29) is 30.0 Å². The lowest BCUT2D eigenvalue weighted by Crippen LogP contribution is -2.47. The van der Waals surface area contributed by atoms with Gasteiger partial charge in [0.1, 0.15) is 24.2 Å². The number of furan rings is 1. The summed E-state index contributed by atoms with van der Waals surface area (Å²) >= 11 is 0. The molecule has 0 radical (unpaired) electrons. The fourth-order valence-electron chi connectivity index (χ4n) is 3.20. The van der Waals surface area contributed by atoms with Gasteiger partial charge in [0.25, 0.3) is 0 Å². The minimum Gasteiger partial charge on any atom is -0.467 e. The van der Waals surface area contributed by atoms with Crippen molar-refractivity contribution in [3.63, 3.8) is 0 Å². The molecule has 2 amide bonds. The Morgan fingerprint density at radius 2 is 2.03 bits per heavy atom. The number of rotatable bonds is 6. The van der Waals surface area contributed by atoms with Crippen LogP contribution in [0, 0.1) is 6.92 Å². The molecule has 4 heterocycles. The van der Waals surface area contributed by atoms with Crippen molar-refractivity contribution in [2.24, 2.45) is 0 Å². The molecule has 0 saturated heterocycles. The molecular weight excluding hydrogens is 406 g/mol. The number of ether oxygens (including phenoxy) is 2. The van der Waals surface area contributed by atoms with Gasteiger partial charge < -0.3 is 24.5 Å². The summed E-state index contributed by atoms with van der Waals surface area (Å²) < 4.78 is 17.5. The first-order valence-electron chi connectivity index (χ1n) is 9.47. The molecule has 0 aromatic carbocycles. The van der Waals surface area contributed by atoms with Crippen LogP contribution in [0.2, 0.25) is 0 Å². The molecule has 31 heavy (non-hydrogen) atoms. The molecule has 2 N–H and O–H groups in total. The van der Waals surface area contributed by atoms with Gasteiger partial charge in [0, 0.05) is 6.20 Å². The molecular formula is C20H19N5O6. The number of amides is 2. The van der Waals surface area contributed by atoms with E-state index in [0.717, 1.165) is 0 Å². The Bertz CT molecular complexity index is 1180. The van der Waals surface area contributed by atoms with Gasteiger partial charge in [-0.15, -0.1) is 10.2 Å². The summed E-state index contributed by atoms with van der Waals surface area (Å²) in [6.45, 7) is 3.20. The summed E-state index contributed by atoms with van der Waals surface area (Å²) in [6, 6.07) is 5.00. The molecule has 3 aromatic rings. The van der Waals surface area contributed by atoms with E-state index in [4.69, 9.17) is 13.9 Å². The third-order valence-electron chi connectivity index (χ3n) is 4.63. The van der Waals surface area contributed by atoms with Crippen LogP contribution in [0.4, 0.5) is 4.79 Å². The first kappa shape index (κ1) is 20.1. The SMILES string of the molecule is CCOC(=O)C1=C(COC(=O)c2ccc3nnc(C)n3c2)NC(=O)NC1c1ccco1. The molecule has 0 aliphatic carbocycles. The summed E-state index contributed by atoms with van der Waals surface area (Å²) in [7, 11) is 0. The van der Waals surface area contributed by atoms with Crippen LogP contribution < -0.4 is 10.6 Å². The zero-order valence-corrected chi connectivity index (χ0v) is 16.7. The normalized spacial score (nSPS) is 16.1. The Labute approximate surface area is 176 Å². The largest absolute Gasteiger partial charge is 0.467 e. The standard InChI is InChI=1S/C20H19N5O6/c1-3-29-19(27)16-13(21-20(28)22-17(16)14-5-4-8-30-14)10-31-18(26)12-6-7-15-24-23-11(2)25(15)9-12/h4-9,17H,3,10H2,1-2H3,(H2,21,22,28). The Hall–Kier alpha value is -4.15. The van der Waals surface area contributed by atoms with Crippen molar-refractivity contribution in [1.82, 2.24) is 25.2 Å². The number of aromatic nitrogens is 3. The van der Waals surface area contributed by atoms with Crippen molar-refractivity contribution in [1.29, 1.82) is 0 Å². The highest BCUT2D eigenvalue weighted by molar-refractivity contribution is 5.95. The first-order valence-corrected chi connectivity index (χ1v) is 9.47. The van der Waals surface area contributed by atoms with Crippen LogP contribution in [0.3, 0.4) is 0 Å². The maximum Gasteiger partial charge on any atom is 0.340 e. The molecule has 0 saturated carbocycles. The lowest BCUT2D eigenvalue weighted by Gasteiger charge is -2.27. The maximum absolute atomic E-state index is 12.6. The van der Waals surface area contributed by atoms with Crippen molar-refractivity contribution < 1.29 is 28.3 Å². The highest BCUT2D eigenvalue weighted by Gasteiger charge is 2.35. The average molecular weight is 425 g/mol. The number of carbonyl (C=O) groups is 3. The predicted molar refractivity (Wildman–Crippen MR) is 105 cm³/mol. The Kier molecular flexibility index (Phi) is 5.39. The highest BCUT2D eigenvalue weighted by atomic mass is 16.5. The van der Waals surface area contributed by atoms with E-state index in [1.165, 1.54) is 6.26 Å². The molecule has 1 aliphatic rings. The lowest BCUT2D eigenvalue weighted by atomic mass is 10.0. The van der Waals surface area contributed by atoms with E-state index in [0.29, 0.717) is 17.2 Å². The zero-order chi connectivity index (χ0) is 22.0. The highest BCUT2D eigenvalue weighted by Crippen LogP contribution is 2.28. The third kappa shape index (κ3) is 3.97. The quantitative estimate of drug-likeness (QED) is 0.569. The van der Waals surface area contributed by atoms with E-state index >= 15 is 0 Å². The van der Waals surface area contributed by atoms with Gasteiger partial charge in [0.2, 0.25) is 0 Å². The predicted octanol–water partition coefficient (Wildman–Crippen LogP) is 1.66. The number of pyridine rings is 1. The second-order valence-corrected chi connectivity index (χ2v) is 6.63. The molecule has 11 nitrogen and oxygen atoms in total. The van der Waals surface area contributed by atoms with Crippen LogP contribution in [0.1, 0.15) is 34.9 Å². The van der Waals surface area contributed by atoms with Crippen molar-refractivity contribution in [3.05, 3.63) is 65.1 Å². The van der Waals surface area contributed by atoms with Crippen molar-refractivity contribution in [3.8, 4) is 0 Å². The number of hydrogen-bond donors (Lipinski definition) is 2. The van der Waals surface area contributed by atoms with Gasteiger partial charge in [-0.1, -0.05) is 0 Å². The minimum absolute atomic E-state index is 0.0920. The number of nitrogens with one attached hydrogen (secondary N) is 2. The van der Waals surface area contributed by atoms with Gasteiger partial charge in [0.15, 0.2) is 5.65 Å². The fourth-order valence-corrected chi connectivity index (χ4v) is 3.20. The second kappa shape index (κ2) is 8.30. The molecule has 1 unspecified atom stereocenters. The fraction of sp³-hybridized carbons (Fsp3) is 0.250. The zero-order valence-electron chi connectivity index (χ0n) is 16.7. The lowest BCUT2D eigenvalue weighted by molar-refractivity contribution is -0.139. The van der Waals surface area contributed by atoms with Gasteiger partial charge in [0.05, 0.1) is 29.7 Å². The number of esters is 2. The summed E-state index contributed by atoms with van der Waals surface area (Å²) in [5.74, 6) is -0.351. The molecule has 11 heteroatoms. The van der Waals surface area contributed by atoms with Crippen LogP contribution in [-0.4, -0.2) is 45.8 Å². The topological polar surface area (TPSA) is 137 Å². The van der Waals surface area contributed by atoms with Crippen LogP contribution in [0.15, 0.2) is 52.4 Å². The molecule has 0 fully saturated rings. The number of fused-ring (bicyclic) bond motifs is 1. The van der Waals surface area contributed by atoms with Gasteiger partial charge in [-0.3, -0.25) is 4.40 Å². The Morgan fingerprint density at radius 1 is 1.19 bits per heavy atom. The molecule has 3 aromatic heterocycles. The number of hydrogen-bond acceptors (Lipinski definition) is 8. The number of aryl methyl sites for hydroxylation is 1. The number of urea groups is 1. The van der Waals surface area contributed by atoms with Gasteiger partial charge >= 0.3 is 18.0 Å².